The van der Waals surface area contributed by atoms with Crippen molar-refractivity contribution in [1.29, 1.82) is 0 Å². The average Bonchev–Trinajstić information content (AvgIpc) is 2.46. The summed E-state index contributed by atoms with van der Waals surface area (Å²) in [7, 11) is 0. The minimum atomic E-state index is -0.380. The van der Waals surface area contributed by atoms with Gasteiger partial charge in [-0.25, -0.2) is 8.78 Å². The van der Waals surface area contributed by atoms with E-state index in [0.717, 1.165) is 38.7 Å². The largest absolute Gasteiger partial charge is 0.329 e. The van der Waals surface area contributed by atoms with Crippen LogP contribution in [-0.2, 0) is 6.54 Å². The molecular formula is C15H23F2N3. The summed E-state index contributed by atoms with van der Waals surface area (Å²) in [5, 5.41) is 0. The zero-order valence-electron chi connectivity index (χ0n) is 12.0. The van der Waals surface area contributed by atoms with Crippen molar-refractivity contribution in [2.75, 3.05) is 32.7 Å². The van der Waals surface area contributed by atoms with E-state index in [1.54, 1.807) is 0 Å². The van der Waals surface area contributed by atoms with Crippen molar-refractivity contribution in [2.24, 2.45) is 5.73 Å². The number of benzene rings is 1. The van der Waals surface area contributed by atoms with Crippen LogP contribution in [0.15, 0.2) is 18.2 Å². The molecular weight excluding hydrogens is 260 g/mol. The predicted molar refractivity (Wildman–Crippen MR) is 76.3 cm³/mol. The molecule has 1 atom stereocenters. The van der Waals surface area contributed by atoms with Gasteiger partial charge in [0.05, 0.1) is 0 Å². The van der Waals surface area contributed by atoms with E-state index in [2.05, 4.69) is 16.7 Å². The lowest BCUT2D eigenvalue weighted by atomic mass is 10.1. The Morgan fingerprint density at radius 1 is 1.20 bits per heavy atom. The number of nitrogens with two attached hydrogens (primary N) is 1. The number of hydrogen-bond donors (Lipinski definition) is 1. The summed E-state index contributed by atoms with van der Waals surface area (Å²) >= 11 is 0. The molecule has 0 saturated carbocycles. The van der Waals surface area contributed by atoms with E-state index in [-0.39, 0.29) is 11.6 Å². The molecule has 1 aromatic rings. The molecule has 0 aliphatic carbocycles. The smallest absolute Gasteiger partial charge is 0.127 e. The molecule has 2 N–H and O–H groups in total. The first-order chi connectivity index (χ1) is 9.63. The van der Waals surface area contributed by atoms with Gasteiger partial charge >= 0.3 is 0 Å². The minimum absolute atomic E-state index is 0.331. The maximum absolute atomic E-state index is 13.6. The van der Waals surface area contributed by atoms with Crippen molar-refractivity contribution >= 4 is 0 Å². The summed E-state index contributed by atoms with van der Waals surface area (Å²) in [4.78, 5) is 4.55. The van der Waals surface area contributed by atoms with Gasteiger partial charge in [0.25, 0.3) is 0 Å². The number of halogens is 2. The standard InChI is InChI=1S/C15H23F2N3/c1-2-14(10-18)20-7-5-19(6-8-20)11-12-9-13(16)3-4-15(12)17/h3-4,9,14H,2,5-8,10-11,18H2,1H3. The van der Waals surface area contributed by atoms with E-state index in [1.165, 1.54) is 12.1 Å². The molecule has 0 spiro atoms. The molecule has 1 unspecified atom stereocenters. The zero-order chi connectivity index (χ0) is 14.5. The molecule has 20 heavy (non-hydrogen) atoms. The van der Waals surface area contributed by atoms with Crippen molar-refractivity contribution in [3.8, 4) is 0 Å². The topological polar surface area (TPSA) is 32.5 Å². The van der Waals surface area contributed by atoms with Crippen LogP contribution in [0.2, 0.25) is 0 Å². The predicted octanol–water partition coefficient (Wildman–Crippen LogP) is 1.82. The lowest BCUT2D eigenvalue weighted by Crippen LogP contribution is -2.51. The van der Waals surface area contributed by atoms with Gasteiger partial charge < -0.3 is 5.73 Å². The normalized spacial score (nSPS) is 19.2. The van der Waals surface area contributed by atoms with Crippen LogP contribution in [-0.4, -0.2) is 48.6 Å². The SMILES string of the molecule is CCC(CN)N1CCN(Cc2cc(F)ccc2F)CC1. The Morgan fingerprint density at radius 3 is 2.50 bits per heavy atom. The Labute approximate surface area is 119 Å². The van der Waals surface area contributed by atoms with Gasteiger partial charge in [0.2, 0.25) is 0 Å². The highest BCUT2D eigenvalue weighted by Crippen LogP contribution is 2.15. The van der Waals surface area contributed by atoms with E-state index in [4.69, 9.17) is 5.73 Å². The average molecular weight is 283 g/mol. The molecule has 2 rings (SSSR count). The van der Waals surface area contributed by atoms with E-state index < -0.39 is 0 Å². The highest BCUT2D eigenvalue weighted by Gasteiger charge is 2.22. The van der Waals surface area contributed by atoms with Crippen LogP contribution < -0.4 is 5.73 Å². The van der Waals surface area contributed by atoms with Crippen LogP contribution in [0, 0.1) is 11.6 Å². The Kier molecular flexibility index (Phi) is 5.46. The van der Waals surface area contributed by atoms with Gasteiger partial charge in [-0.1, -0.05) is 6.92 Å². The molecule has 3 nitrogen and oxygen atoms in total. The molecule has 5 heteroatoms. The van der Waals surface area contributed by atoms with E-state index in [1.807, 2.05) is 0 Å². The summed E-state index contributed by atoms with van der Waals surface area (Å²) in [6.07, 6.45) is 1.05. The van der Waals surface area contributed by atoms with Gasteiger partial charge in [-0.05, 0) is 24.6 Å². The van der Waals surface area contributed by atoms with Gasteiger partial charge in [-0.2, -0.15) is 0 Å². The maximum Gasteiger partial charge on any atom is 0.127 e. The summed E-state index contributed by atoms with van der Waals surface area (Å²) in [6, 6.07) is 4.08. The van der Waals surface area contributed by atoms with Gasteiger partial charge in [-0.15, -0.1) is 0 Å². The van der Waals surface area contributed by atoms with Crippen molar-refractivity contribution in [3.63, 3.8) is 0 Å². The Balaban J connectivity index is 1.89. The zero-order valence-corrected chi connectivity index (χ0v) is 12.0. The van der Waals surface area contributed by atoms with Crippen LogP contribution in [0.5, 0.6) is 0 Å². The molecule has 0 radical (unpaired) electrons. The number of piperazine rings is 1. The van der Waals surface area contributed by atoms with Crippen LogP contribution in [0.3, 0.4) is 0 Å². The first-order valence-corrected chi connectivity index (χ1v) is 7.24. The Hall–Kier alpha value is -1.04. The third-order valence-corrected chi connectivity index (χ3v) is 4.07. The van der Waals surface area contributed by atoms with Gasteiger partial charge in [0, 0.05) is 50.9 Å². The summed E-state index contributed by atoms with van der Waals surface area (Å²) in [6.45, 7) is 6.90. The Bertz CT molecular complexity index is 427. The molecule has 1 heterocycles. The van der Waals surface area contributed by atoms with E-state index in [9.17, 15) is 8.78 Å². The van der Waals surface area contributed by atoms with Crippen molar-refractivity contribution in [2.45, 2.75) is 25.9 Å². The molecule has 0 amide bonds. The molecule has 1 aliphatic rings. The van der Waals surface area contributed by atoms with Crippen molar-refractivity contribution in [3.05, 3.63) is 35.4 Å². The fraction of sp³-hybridized carbons (Fsp3) is 0.600. The minimum Gasteiger partial charge on any atom is -0.329 e. The quantitative estimate of drug-likeness (QED) is 0.894. The van der Waals surface area contributed by atoms with Crippen LogP contribution >= 0.6 is 0 Å². The lowest BCUT2D eigenvalue weighted by Gasteiger charge is -2.38. The molecule has 0 aromatic heterocycles. The molecule has 1 saturated heterocycles. The second-order valence-electron chi connectivity index (χ2n) is 5.35. The Morgan fingerprint density at radius 2 is 1.90 bits per heavy atom. The molecule has 1 fully saturated rings. The third kappa shape index (κ3) is 3.75. The van der Waals surface area contributed by atoms with Gasteiger partial charge in [0.15, 0.2) is 0 Å². The second-order valence-corrected chi connectivity index (χ2v) is 5.35. The fourth-order valence-electron chi connectivity index (χ4n) is 2.77. The number of hydrogen-bond acceptors (Lipinski definition) is 3. The molecule has 1 aliphatic heterocycles. The van der Waals surface area contributed by atoms with E-state index in [0.29, 0.717) is 24.7 Å². The van der Waals surface area contributed by atoms with Crippen molar-refractivity contribution in [1.82, 2.24) is 9.80 Å². The summed E-state index contributed by atoms with van der Waals surface area (Å²) < 4.78 is 26.8. The van der Waals surface area contributed by atoms with Crippen molar-refractivity contribution < 1.29 is 8.78 Å². The summed E-state index contributed by atoms with van der Waals surface area (Å²) in [5.74, 6) is -0.712. The van der Waals surface area contributed by atoms with E-state index >= 15 is 0 Å². The summed E-state index contributed by atoms with van der Waals surface area (Å²) in [5.41, 5.74) is 6.20. The fourth-order valence-corrected chi connectivity index (χ4v) is 2.77. The maximum atomic E-state index is 13.6. The first kappa shape index (κ1) is 15.4. The highest BCUT2D eigenvalue weighted by molar-refractivity contribution is 5.18. The molecule has 112 valence electrons. The molecule has 1 aromatic carbocycles. The number of rotatable bonds is 5. The monoisotopic (exact) mass is 283 g/mol. The van der Waals surface area contributed by atoms with Gasteiger partial charge in [-0.3, -0.25) is 9.80 Å². The van der Waals surface area contributed by atoms with Crippen LogP contribution in [0.1, 0.15) is 18.9 Å². The van der Waals surface area contributed by atoms with Crippen LogP contribution in [0.25, 0.3) is 0 Å². The lowest BCUT2D eigenvalue weighted by molar-refractivity contribution is 0.0919. The second kappa shape index (κ2) is 7.11. The highest BCUT2D eigenvalue weighted by atomic mass is 19.1. The molecule has 0 bridgehead atoms. The third-order valence-electron chi connectivity index (χ3n) is 4.07. The van der Waals surface area contributed by atoms with Crippen LogP contribution in [0.4, 0.5) is 8.78 Å². The first-order valence-electron chi connectivity index (χ1n) is 7.24. The number of nitrogens with zero attached hydrogens (tertiary/aromatic N) is 2. The van der Waals surface area contributed by atoms with Gasteiger partial charge in [0.1, 0.15) is 11.6 Å².